The standard InChI is InChI=1S/C18H26/c1-15(13-17-9-7-6-8-10-17)11-12-16(2)14-18(3,4)5/h6-11H,2,12-14H2,1,3-5H3/b15-11+. The Labute approximate surface area is 112 Å². The van der Waals surface area contributed by atoms with Gasteiger partial charge in [-0.3, -0.25) is 0 Å². The summed E-state index contributed by atoms with van der Waals surface area (Å²) in [6, 6.07) is 10.6. The van der Waals surface area contributed by atoms with E-state index in [1.807, 2.05) is 0 Å². The highest BCUT2D eigenvalue weighted by Crippen LogP contribution is 2.25. The Morgan fingerprint density at radius 2 is 1.78 bits per heavy atom. The topological polar surface area (TPSA) is 0 Å². The minimum absolute atomic E-state index is 0.345. The third kappa shape index (κ3) is 6.44. The van der Waals surface area contributed by atoms with Gasteiger partial charge in [0.2, 0.25) is 0 Å². The van der Waals surface area contributed by atoms with Crippen LogP contribution in [0.5, 0.6) is 0 Å². The van der Waals surface area contributed by atoms with Crippen molar-refractivity contribution in [2.45, 2.75) is 47.0 Å². The van der Waals surface area contributed by atoms with Crippen LogP contribution < -0.4 is 0 Å². The molecule has 1 aromatic carbocycles. The van der Waals surface area contributed by atoms with Crippen molar-refractivity contribution in [1.82, 2.24) is 0 Å². The van der Waals surface area contributed by atoms with Crippen LogP contribution in [0.1, 0.15) is 46.1 Å². The van der Waals surface area contributed by atoms with Crippen LogP contribution >= 0.6 is 0 Å². The Kier molecular flexibility index (Phi) is 5.40. The molecule has 0 saturated carbocycles. The quantitative estimate of drug-likeness (QED) is 0.593. The van der Waals surface area contributed by atoms with Crippen molar-refractivity contribution in [1.29, 1.82) is 0 Å². The first-order valence-corrected chi connectivity index (χ1v) is 6.73. The lowest BCUT2D eigenvalue weighted by Crippen LogP contribution is -2.05. The van der Waals surface area contributed by atoms with Crippen LogP contribution in [0.4, 0.5) is 0 Å². The van der Waals surface area contributed by atoms with Crippen LogP contribution in [-0.4, -0.2) is 0 Å². The number of allylic oxidation sites excluding steroid dienone is 3. The zero-order valence-electron chi connectivity index (χ0n) is 12.3. The first-order valence-electron chi connectivity index (χ1n) is 6.73. The predicted octanol–water partition coefficient (Wildman–Crippen LogP) is 5.56. The third-order valence-corrected chi connectivity index (χ3v) is 2.85. The van der Waals surface area contributed by atoms with E-state index in [2.05, 4.69) is 70.7 Å². The monoisotopic (exact) mass is 242 g/mol. The number of benzene rings is 1. The van der Waals surface area contributed by atoms with Crippen molar-refractivity contribution in [3.05, 3.63) is 59.7 Å². The SMILES string of the molecule is C=C(C/C=C(\C)Cc1ccccc1)CC(C)(C)C. The minimum atomic E-state index is 0.345. The maximum absolute atomic E-state index is 4.17. The molecule has 1 rings (SSSR count). The van der Waals surface area contributed by atoms with E-state index >= 15 is 0 Å². The zero-order chi connectivity index (χ0) is 13.6. The highest BCUT2D eigenvalue weighted by molar-refractivity contribution is 5.21. The number of rotatable bonds is 5. The average Bonchev–Trinajstić information content (AvgIpc) is 2.25. The molecule has 0 aliphatic rings. The van der Waals surface area contributed by atoms with Crippen molar-refractivity contribution < 1.29 is 0 Å². The van der Waals surface area contributed by atoms with Gasteiger partial charge in [0, 0.05) is 0 Å². The largest absolute Gasteiger partial charge is 0.0995 e. The summed E-state index contributed by atoms with van der Waals surface area (Å²) in [5, 5.41) is 0. The molecule has 0 nitrogen and oxygen atoms in total. The van der Waals surface area contributed by atoms with Gasteiger partial charge in [0.05, 0.1) is 0 Å². The molecule has 1 aromatic rings. The average molecular weight is 242 g/mol. The summed E-state index contributed by atoms with van der Waals surface area (Å²) < 4.78 is 0. The molecule has 0 heteroatoms. The summed E-state index contributed by atoms with van der Waals surface area (Å²) in [7, 11) is 0. The molecule has 0 aliphatic heterocycles. The van der Waals surface area contributed by atoms with Crippen molar-refractivity contribution in [2.24, 2.45) is 5.41 Å². The van der Waals surface area contributed by atoms with Crippen LogP contribution in [0.25, 0.3) is 0 Å². The molecule has 18 heavy (non-hydrogen) atoms. The predicted molar refractivity (Wildman–Crippen MR) is 81.7 cm³/mol. The van der Waals surface area contributed by atoms with Gasteiger partial charge in [0.15, 0.2) is 0 Å². The zero-order valence-corrected chi connectivity index (χ0v) is 12.3. The van der Waals surface area contributed by atoms with Crippen molar-refractivity contribution in [2.75, 3.05) is 0 Å². The fourth-order valence-electron chi connectivity index (χ4n) is 2.13. The molecule has 0 spiro atoms. The fourth-order valence-corrected chi connectivity index (χ4v) is 2.13. The summed E-state index contributed by atoms with van der Waals surface area (Å²) in [5.41, 5.74) is 4.48. The Balaban J connectivity index is 2.45. The van der Waals surface area contributed by atoms with Crippen LogP contribution in [0.3, 0.4) is 0 Å². The fraction of sp³-hybridized carbons (Fsp3) is 0.444. The van der Waals surface area contributed by atoms with Gasteiger partial charge in [-0.2, -0.15) is 0 Å². The molecule has 0 radical (unpaired) electrons. The summed E-state index contributed by atoms with van der Waals surface area (Å²) >= 11 is 0. The van der Waals surface area contributed by atoms with E-state index in [1.54, 1.807) is 0 Å². The molecular weight excluding hydrogens is 216 g/mol. The van der Waals surface area contributed by atoms with Gasteiger partial charge in [-0.05, 0) is 37.2 Å². The van der Waals surface area contributed by atoms with Crippen molar-refractivity contribution >= 4 is 0 Å². The third-order valence-electron chi connectivity index (χ3n) is 2.85. The Morgan fingerprint density at radius 1 is 1.17 bits per heavy atom. The first kappa shape index (κ1) is 14.8. The van der Waals surface area contributed by atoms with Crippen LogP contribution in [0, 0.1) is 5.41 Å². The molecule has 0 fully saturated rings. The van der Waals surface area contributed by atoms with Gasteiger partial charge in [-0.1, -0.05) is 74.9 Å². The smallest absolute Gasteiger partial charge is 0.00698 e. The second-order valence-corrected chi connectivity index (χ2v) is 6.40. The van der Waals surface area contributed by atoms with Gasteiger partial charge >= 0.3 is 0 Å². The molecule has 98 valence electrons. The molecular formula is C18H26. The summed E-state index contributed by atoms with van der Waals surface area (Å²) in [6.45, 7) is 13.2. The van der Waals surface area contributed by atoms with Crippen LogP contribution in [0.15, 0.2) is 54.1 Å². The number of hydrogen-bond acceptors (Lipinski definition) is 0. The minimum Gasteiger partial charge on any atom is -0.0995 e. The number of hydrogen-bond donors (Lipinski definition) is 0. The van der Waals surface area contributed by atoms with Gasteiger partial charge in [0.1, 0.15) is 0 Å². The molecule has 0 aliphatic carbocycles. The van der Waals surface area contributed by atoms with Gasteiger partial charge in [0.25, 0.3) is 0 Å². The molecule has 0 bridgehead atoms. The molecule has 0 unspecified atom stereocenters. The molecule has 0 N–H and O–H groups in total. The van der Waals surface area contributed by atoms with Gasteiger partial charge in [-0.15, -0.1) is 0 Å². The van der Waals surface area contributed by atoms with E-state index < -0.39 is 0 Å². The Hall–Kier alpha value is -1.30. The second kappa shape index (κ2) is 6.58. The summed E-state index contributed by atoms with van der Waals surface area (Å²) in [4.78, 5) is 0. The first-order chi connectivity index (χ1) is 8.37. The summed E-state index contributed by atoms with van der Waals surface area (Å²) in [5.74, 6) is 0. The van der Waals surface area contributed by atoms with E-state index in [4.69, 9.17) is 0 Å². The normalized spacial score (nSPS) is 12.6. The van der Waals surface area contributed by atoms with Crippen molar-refractivity contribution in [3.8, 4) is 0 Å². The van der Waals surface area contributed by atoms with E-state index in [1.165, 1.54) is 16.7 Å². The van der Waals surface area contributed by atoms with E-state index in [-0.39, 0.29) is 0 Å². The maximum Gasteiger partial charge on any atom is -0.00698 e. The molecule has 0 atom stereocenters. The van der Waals surface area contributed by atoms with E-state index in [0.717, 1.165) is 19.3 Å². The lowest BCUT2D eigenvalue weighted by atomic mass is 9.87. The van der Waals surface area contributed by atoms with Crippen LogP contribution in [0.2, 0.25) is 0 Å². The lowest BCUT2D eigenvalue weighted by Gasteiger charge is -2.19. The van der Waals surface area contributed by atoms with Crippen LogP contribution in [-0.2, 0) is 6.42 Å². The van der Waals surface area contributed by atoms with E-state index in [0.29, 0.717) is 5.41 Å². The maximum atomic E-state index is 4.17. The van der Waals surface area contributed by atoms with Crippen molar-refractivity contribution in [3.63, 3.8) is 0 Å². The molecule has 0 aromatic heterocycles. The van der Waals surface area contributed by atoms with Gasteiger partial charge in [-0.25, -0.2) is 0 Å². The molecule has 0 amide bonds. The van der Waals surface area contributed by atoms with E-state index in [9.17, 15) is 0 Å². The Morgan fingerprint density at radius 3 is 2.33 bits per heavy atom. The Bertz CT molecular complexity index is 401. The summed E-state index contributed by atoms with van der Waals surface area (Å²) in [6.07, 6.45) is 5.47. The molecule has 0 saturated heterocycles. The lowest BCUT2D eigenvalue weighted by molar-refractivity contribution is 0.407. The van der Waals surface area contributed by atoms with Gasteiger partial charge < -0.3 is 0 Å². The highest BCUT2D eigenvalue weighted by Gasteiger charge is 2.10. The highest BCUT2D eigenvalue weighted by atomic mass is 14.2. The second-order valence-electron chi connectivity index (χ2n) is 6.40. The molecule has 0 heterocycles.